The minimum Gasteiger partial charge on any atom is -0.872 e. The monoisotopic (exact) mass is 309 g/mol. The van der Waals surface area contributed by atoms with Crippen molar-refractivity contribution in [2.45, 2.75) is 11.7 Å². The molecule has 0 saturated carbocycles. The summed E-state index contributed by atoms with van der Waals surface area (Å²) in [5, 5.41) is 23.2. The van der Waals surface area contributed by atoms with Crippen LogP contribution >= 0.6 is 11.8 Å². The van der Waals surface area contributed by atoms with Crippen LogP contribution in [0.1, 0.15) is 16.8 Å². The smallest absolute Gasteiger partial charge is 0.335 e. The highest BCUT2D eigenvalue weighted by Crippen LogP contribution is 2.23. The Morgan fingerprint density at radius 3 is 2.67 bits per heavy atom. The van der Waals surface area contributed by atoms with Crippen molar-refractivity contribution in [2.24, 2.45) is 0 Å². The van der Waals surface area contributed by atoms with Crippen molar-refractivity contribution in [3.8, 4) is 5.75 Å². The standard InChI is InChI=1S/C12H10N2O6S/c15-7-2-1-5(3-6(7)11(18)19)13-9(16)4-8-10(17)14-12(20)21-8/h1-3,8,15H,4H2,(H,13,16)(H,18,19)(H,14,17,20)/p-1/t8-/m0/s1. The van der Waals surface area contributed by atoms with Gasteiger partial charge in [-0.2, -0.15) is 0 Å². The number of aromatic carboxylic acids is 1. The van der Waals surface area contributed by atoms with Crippen LogP contribution < -0.4 is 15.7 Å². The van der Waals surface area contributed by atoms with Crippen molar-refractivity contribution in [1.82, 2.24) is 5.32 Å². The van der Waals surface area contributed by atoms with Crippen LogP contribution in [0.15, 0.2) is 18.2 Å². The van der Waals surface area contributed by atoms with Gasteiger partial charge in [-0.05, 0) is 12.1 Å². The average Bonchev–Trinajstić information content (AvgIpc) is 2.69. The Balaban J connectivity index is 2.03. The van der Waals surface area contributed by atoms with Crippen molar-refractivity contribution in [3.63, 3.8) is 0 Å². The number of nitrogens with one attached hydrogen (secondary N) is 2. The van der Waals surface area contributed by atoms with Gasteiger partial charge in [0.25, 0.3) is 5.24 Å². The Bertz CT molecular complexity index is 645. The van der Waals surface area contributed by atoms with E-state index in [9.17, 15) is 24.3 Å². The van der Waals surface area contributed by atoms with Gasteiger partial charge in [-0.1, -0.05) is 23.6 Å². The van der Waals surface area contributed by atoms with Crippen molar-refractivity contribution >= 4 is 40.5 Å². The normalized spacial score (nSPS) is 17.4. The van der Waals surface area contributed by atoms with Crippen LogP contribution in [0.25, 0.3) is 0 Å². The third kappa shape index (κ3) is 3.51. The van der Waals surface area contributed by atoms with Crippen molar-refractivity contribution in [3.05, 3.63) is 23.8 Å². The molecule has 8 nitrogen and oxygen atoms in total. The van der Waals surface area contributed by atoms with E-state index in [0.717, 1.165) is 23.9 Å². The summed E-state index contributed by atoms with van der Waals surface area (Å²) in [6.07, 6.45) is -0.232. The summed E-state index contributed by atoms with van der Waals surface area (Å²) < 4.78 is 0. The zero-order valence-electron chi connectivity index (χ0n) is 10.4. The molecule has 1 aromatic carbocycles. The molecule has 0 radical (unpaired) electrons. The number of anilines is 1. The minimum absolute atomic E-state index is 0.131. The number of carbonyl (C=O) groups excluding carboxylic acids is 3. The second kappa shape index (κ2) is 5.83. The highest BCUT2D eigenvalue weighted by atomic mass is 32.2. The summed E-state index contributed by atoms with van der Waals surface area (Å²) in [7, 11) is 0. The molecule has 1 fully saturated rings. The summed E-state index contributed by atoms with van der Waals surface area (Å²) >= 11 is 0.719. The van der Waals surface area contributed by atoms with E-state index in [1.54, 1.807) is 0 Å². The molecule has 3 amide bonds. The largest absolute Gasteiger partial charge is 0.872 e. The molecule has 1 atom stereocenters. The first-order chi connectivity index (χ1) is 9.86. The zero-order chi connectivity index (χ0) is 15.6. The van der Waals surface area contributed by atoms with Gasteiger partial charge >= 0.3 is 5.97 Å². The number of hydrogen-bond acceptors (Lipinski definition) is 6. The molecular weight excluding hydrogens is 300 g/mol. The Hall–Kier alpha value is -2.55. The van der Waals surface area contributed by atoms with Gasteiger partial charge in [0.2, 0.25) is 11.8 Å². The lowest BCUT2D eigenvalue weighted by Crippen LogP contribution is -2.27. The third-order valence-corrected chi connectivity index (χ3v) is 3.61. The van der Waals surface area contributed by atoms with Crippen molar-refractivity contribution in [2.75, 3.05) is 5.32 Å². The first-order valence-corrected chi connectivity index (χ1v) is 6.60. The first kappa shape index (κ1) is 14.9. The van der Waals surface area contributed by atoms with E-state index in [2.05, 4.69) is 10.6 Å². The van der Waals surface area contributed by atoms with Gasteiger partial charge in [0.1, 0.15) is 5.25 Å². The molecule has 1 aliphatic heterocycles. The van der Waals surface area contributed by atoms with E-state index in [0.29, 0.717) is 0 Å². The van der Waals surface area contributed by atoms with Crippen LogP contribution in [0.3, 0.4) is 0 Å². The molecule has 1 saturated heterocycles. The van der Waals surface area contributed by atoms with Crippen LogP contribution in [0.4, 0.5) is 10.5 Å². The number of imide groups is 1. The summed E-state index contributed by atoms with van der Waals surface area (Å²) in [4.78, 5) is 44.8. The Kier molecular flexibility index (Phi) is 4.13. The van der Waals surface area contributed by atoms with Crippen molar-refractivity contribution < 1.29 is 29.4 Å². The summed E-state index contributed by atoms with van der Waals surface area (Å²) in [5.74, 6) is -3.17. The Labute approximate surface area is 122 Å². The van der Waals surface area contributed by atoms with Gasteiger partial charge in [0.15, 0.2) is 0 Å². The Morgan fingerprint density at radius 2 is 2.10 bits per heavy atom. The molecule has 3 N–H and O–H groups in total. The molecule has 0 aliphatic carbocycles. The SMILES string of the molecule is O=C(C[C@@H]1SC(=O)NC1=O)Nc1ccc([O-])c(C(=O)O)c1. The number of amides is 3. The molecule has 1 aromatic rings. The predicted octanol–water partition coefficient (Wildman–Crippen LogP) is 0.139. The van der Waals surface area contributed by atoms with Crippen LogP contribution in [0.2, 0.25) is 0 Å². The highest BCUT2D eigenvalue weighted by molar-refractivity contribution is 8.15. The van der Waals surface area contributed by atoms with Gasteiger partial charge in [-0.3, -0.25) is 19.7 Å². The molecule has 0 aromatic heterocycles. The molecule has 110 valence electrons. The summed E-state index contributed by atoms with van der Waals surface area (Å²) in [6.45, 7) is 0. The molecule has 2 rings (SSSR count). The van der Waals surface area contributed by atoms with Gasteiger partial charge < -0.3 is 15.5 Å². The number of rotatable bonds is 4. The fraction of sp³-hybridized carbons (Fsp3) is 0.167. The maximum atomic E-state index is 11.7. The van der Waals surface area contributed by atoms with Gasteiger partial charge in [0.05, 0.1) is 5.56 Å². The number of carbonyl (C=O) groups is 4. The fourth-order valence-electron chi connectivity index (χ4n) is 1.68. The minimum atomic E-state index is -1.40. The van der Waals surface area contributed by atoms with Crippen LogP contribution in [0, 0.1) is 0 Å². The van der Waals surface area contributed by atoms with E-state index in [1.807, 2.05) is 0 Å². The maximum absolute atomic E-state index is 11.7. The molecule has 0 spiro atoms. The summed E-state index contributed by atoms with van der Waals surface area (Å²) in [5.41, 5.74) is -0.331. The van der Waals surface area contributed by atoms with E-state index in [4.69, 9.17) is 5.11 Å². The zero-order valence-corrected chi connectivity index (χ0v) is 11.2. The van der Waals surface area contributed by atoms with E-state index < -0.39 is 39.6 Å². The lowest BCUT2D eigenvalue weighted by atomic mass is 10.1. The van der Waals surface area contributed by atoms with Gasteiger partial charge in [-0.15, -0.1) is 0 Å². The van der Waals surface area contributed by atoms with E-state index in [-0.39, 0.29) is 12.1 Å². The van der Waals surface area contributed by atoms with Crippen molar-refractivity contribution in [1.29, 1.82) is 0 Å². The molecule has 21 heavy (non-hydrogen) atoms. The van der Waals surface area contributed by atoms with Gasteiger partial charge in [0, 0.05) is 12.1 Å². The average molecular weight is 309 g/mol. The topological polar surface area (TPSA) is 136 Å². The number of carboxylic acid groups (broad SMARTS) is 1. The van der Waals surface area contributed by atoms with Crippen LogP contribution in [-0.4, -0.2) is 33.4 Å². The maximum Gasteiger partial charge on any atom is 0.335 e. The number of thioether (sulfide) groups is 1. The fourth-order valence-corrected chi connectivity index (χ4v) is 2.50. The molecule has 1 heterocycles. The van der Waals surface area contributed by atoms with Gasteiger partial charge in [-0.25, -0.2) is 4.79 Å². The molecule has 0 unspecified atom stereocenters. The quantitative estimate of drug-likeness (QED) is 0.719. The second-order valence-electron chi connectivity index (χ2n) is 4.15. The molecule has 9 heteroatoms. The predicted molar refractivity (Wildman–Crippen MR) is 71.0 cm³/mol. The molecular formula is C12H9N2O6S-. The van der Waals surface area contributed by atoms with Crippen LogP contribution in [0.5, 0.6) is 5.75 Å². The second-order valence-corrected chi connectivity index (χ2v) is 5.33. The highest BCUT2D eigenvalue weighted by Gasteiger charge is 2.33. The summed E-state index contributed by atoms with van der Waals surface area (Å²) in [6, 6.07) is 3.33. The number of carboxylic acids is 1. The molecule has 0 bridgehead atoms. The molecule has 1 aliphatic rings. The number of benzene rings is 1. The van der Waals surface area contributed by atoms with E-state index in [1.165, 1.54) is 6.07 Å². The lowest BCUT2D eigenvalue weighted by Gasteiger charge is -2.13. The Morgan fingerprint density at radius 1 is 1.38 bits per heavy atom. The van der Waals surface area contributed by atoms with Crippen LogP contribution in [-0.2, 0) is 9.59 Å². The number of hydrogen-bond donors (Lipinski definition) is 3. The lowest BCUT2D eigenvalue weighted by molar-refractivity contribution is -0.268. The van der Waals surface area contributed by atoms with E-state index >= 15 is 0 Å². The first-order valence-electron chi connectivity index (χ1n) is 5.72. The third-order valence-electron chi connectivity index (χ3n) is 2.63.